The Kier molecular flexibility index (Phi) is 3.06. The Labute approximate surface area is 106 Å². The Balaban J connectivity index is 1.41. The highest BCUT2D eigenvalue weighted by Gasteiger charge is 2.53. The van der Waals surface area contributed by atoms with Gasteiger partial charge in [-0.2, -0.15) is 0 Å². The zero-order chi connectivity index (χ0) is 11.9. The fourth-order valence-electron chi connectivity index (χ4n) is 3.95. The molecule has 3 aliphatic rings. The Hall–Kier alpha value is -0.300. The number of nitrogens with one attached hydrogen (secondary N) is 1. The van der Waals surface area contributed by atoms with Crippen LogP contribution in [-0.2, 0) is 0 Å². The number of allylic oxidation sites excluding steroid dienone is 2. The van der Waals surface area contributed by atoms with E-state index in [1.807, 2.05) is 0 Å². The molecular weight excluding hydrogens is 206 g/mol. The third kappa shape index (κ3) is 2.76. The fourth-order valence-corrected chi connectivity index (χ4v) is 3.95. The molecule has 1 N–H and O–H groups in total. The van der Waals surface area contributed by atoms with E-state index in [0.717, 1.165) is 23.2 Å². The van der Waals surface area contributed by atoms with Gasteiger partial charge in [-0.1, -0.05) is 18.6 Å². The Bertz CT molecular complexity index is 309. The molecule has 0 bridgehead atoms. The first-order valence-corrected chi connectivity index (χ1v) is 7.56. The molecule has 0 radical (unpaired) electrons. The van der Waals surface area contributed by atoms with Crippen molar-refractivity contribution >= 4 is 0 Å². The minimum atomic E-state index is 0.769. The van der Waals surface area contributed by atoms with E-state index < -0.39 is 0 Å². The van der Waals surface area contributed by atoms with Crippen molar-refractivity contribution in [1.82, 2.24) is 5.32 Å². The zero-order valence-electron chi connectivity index (χ0n) is 11.5. The van der Waals surface area contributed by atoms with Crippen molar-refractivity contribution in [2.24, 2.45) is 23.2 Å². The number of rotatable bonds is 5. The summed E-state index contributed by atoms with van der Waals surface area (Å²) in [6.45, 7) is 7.23. The van der Waals surface area contributed by atoms with Crippen molar-refractivity contribution in [3.05, 3.63) is 11.6 Å². The van der Waals surface area contributed by atoms with Gasteiger partial charge in [0.05, 0.1) is 0 Å². The van der Waals surface area contributed by atoms with Crippen molar-refractivity contribution in [1.29, 1.82) is 0 Å². The average molecular weight is 233 g/mol. The van der Waals surface area contributed by atoms with Gasteiger partial charge in [0.15, 0.2) is 0 Å². The van der Waals surface area contributed by atoms with Crippen LogP contribution in [0.2, 0.25) is 0 Å². The quantitative estimate of drug-likeness (QED) is 0.713. The van der Waals surface area contributed by atoms with Crippen LogP contribution in [0.5, 0.6) is 0 Å². The average Bonchev–Trinajstić information content (AvgIpc) is 3.11. The topological polar surface area (TPSA) is 12.0 Å². The van der Waals surface area contributed by atoms with Crippen molar-refractivity contribution in [3.8, 4) is 0 Å². The highest BCUT2D eigenvalue weighted by Crippen LogP contribution is 2.60. The largest absolute Gasteiger partial charge is 0.316 e. The summed E-state index contributed by atoms with van der Waals surface area (Å²) in [5.74, 6) is 2.79. The van der Waals surface area contributed by atoms with E-state index in [4.69, 9.17) is 0 Å². The van der Waals surface area contributed by atoms with Gasteiger partial charge in [-0.3, -0.25) is 0 Å². The second-order valence-electron chi connectivity index (χ2n) is 7.06. The molecule has 2 saturated carbocycles. The predicted molar refractivity (Wildman–Crippen MR) is 72.9 cm³/mol. The highest BCUT2D eigenvalue weighted by molar-refractivity contribution is 5.07. The van der Waals surface area contributed by atoms with Crippen LogP contribution in [-0.4, -0.2) is 13.1 Å². The number of hydrogen-bond donors (Lipinski definition) is 1. The molecule has 0 aromatic heterocycles. The van der Waals surface area contributed by atoms with Crippen LogP contribution >= 0.6 is 0 Å². The normalized spacial score (nSPS) is 35.5. The summed E-state index contributed by atoms with van der Waals surface area (Å²) in [7, 11) is 0. The first-order chi connectivity index (χ1) is 8.18. The molecule has 96 valence electrons. The van der Waals surface area contributed by atoms with Crippen molar-refractivity contribution in [3.63, 3.8) is 0 Å². The van der Waals surface area contributed by atoms with E-state index in [1.165, 1.54) is 51.6 Å². The van der Waals surface area contributed by atoms with Gasteiger partial charge in [-0.15, -0.1) is 0 Å². The van der Waals surface area contributed by atoms with Crippen LogP contribution in [0.15, 0.2) is 11.6 Å². The lowest BCUT2D eigenvalue weighted by Crippen LogP contribution is -2.31. The lowest BCUT2D eigenvalue weighted by Gasteiger charge is -2.26. The minimum Gasteiger partial charge on any atom is -0.316 e. The van der Waals surface area contributed by atoms with Crippen LogP contribution in [0, 0.1) is 23.2 Å². The maximum absolute atomic E-state index is 3.79. The summed E-state index contributed by atoms with van der Waals surface area (Å²) in [6, 6.07) is 0. The predicted octanol–water partition coefficient (Wildman–Crippen LogP) is 3.76. The van der Waals surface area contributed by atoms with E-state index in [2.05, 4.69) is 25.2 Å². The first kappa shape index (κ1) is 11.8. The minimum absolute atomic E-state index is 0.769. The second kappa shape index (κ2) is 4.42. The molecule has 1 nitrogen and oxygen atoms in total. The lowest BCUT2D eigenvalue weighted by atomic mass is 9.83. The second-order valence-corrected chi connectivity index (χ2v) is 7.06. The molecule has 0 heterocycles. The maximum atomic E-state index is 3.79. The van der Waals surface area contributed by atoms with Crippen molar-refractivity contribution < 1.29 is 0 Å². The van der Waals surface area contributed by atoms with Gasteiger partial charge in [0.2, 0.25) is 0 Å². The van der Waals surface area contributed by atoms with E-state index in [9.17, 15) is 0 Å². The van der Waals surface area contributed by atoms with Gasteiger partial charge >= 0.3 is 0 Å². The molecule has 0 spiro atoms. The van der Waals surface area contributed by atoms with Crippen LogP contribution < -0.4 is 5.32 Å². The zero-order valence-corrected chi connectivity index (χ0v) is 11.5. The molecule has 2 fully saturated rings. The summed E-state index contributed by atoms with van der Waals surface area (Å²) < 4.78 is 0. The van der Waals surface area contributed by atoms with E-state index in [0.29, 0.717) is 0 Å². The summed E-state index contributed by atoms with van der Waals surface area (Å²) in [5.41, 5.74) is 2.38. The molecule has 0 saturated heterocycles. The Morgan fingerprint density at radius 3 is 2.71 bits per heavy atom. The Morgan fingerprint density at radius 1 is 1.35 bits per heavy atom. The maximum Gasteiger partial charge on any atom is 0.00106 e. The molecule has 1 heteroatoms. The summed E-state index contributed by atoms with van der Waals surface area (Å²) >= 11 is 0. The van der Waals surface area contributed by atoms with Gasteiger partial charge < -0.3 is 5.32 Å². The van der Waals surface area contributed by atoms with E-state index >= 15 is 0 Å². The molecule has 0 aromatic rings. The van der Waals surface area contributed by atoms with Crippen molar-refractivity contribution in [2.75, 3.05) is 13.1 Å². The van der Waals surface area contributed by atoms with E-state index in [1.54, 1.807) is 5.57 Å². The third-order valence-corrected chi connectivity index (χ3v) is 5.13. The summed E-state index contributed by atoms with van der Waals surface area (Å²) in [5, 5.41) is 3.79. The molecule has 0 amide bonds. The lowest BCUT2D eigenvalue weighted by molar-refractivity contribution is 0.343. The van der Waals surface area contributed by atoms with Gasteiger partial charge in [-0.05, 0) is 75.2 Å². The van der Waals surface area contributed by atoms with Crippen LogP contribution in [0.3, 0.4) is 0 Å². The molecule has 17 heavy (non-hydrogen) atoms. The van der Waals surface area contributed by atoms with Crippen LogP contribution in [0.4, 0.5) is 0 Å². The molecule has 2 unspecified atom stereocenters. The molecule has 2 atom stereocenters. The number of hydrogen-bond acceptors (Lipinski definition) is 1. The van der Waals surface area contributed by atoms with Gasteiger partial charge in [0.1, 0.15) is 0 Å². The van der Waals surface area contributed by atoms with Gasteiger partial charge in [-0.25, -0.2) is 0 Å². The fraction of sp³-hybridized carbons (Fsp3) is 0.875. The first-order valence-electron chi connectivity index (χ1n) is 7.56. The van der Waals surface area contributed by atoms with Gasteiger partial charge in [0, 0.05) is 6.54 Å². The molecule has 0 aliphatic heterocycles. The standard InChI is InChI=1S/C16H27N/c1-12-7-13(2)9-14(8-12)10-17-11-16(5-6-16)15-3-4-15/h7,12,14-15,17H,3-6,8-11H2,1-2H3. The molecular formula is C16H27N. The van der Waals surface area contributed by atoms with Crippen molar-refractivity contribution in [2.45, 2.75) is 52.4 Å². The summed E-state index contributed by atoms with van der Waals surface area (Å²) in [6.07, 6.45) is 11.2. The van der Waals surface area contributed by atoms with Crippen LogP contribution in [0.25, 0.3) is 0 Å². The van der Waals surface area contributed by atoms with Gasteiger partial charge in [0.25, 0.3) is 0 Å². The monoisotopic (exact) mass is 233 g/mol. The van der Waals surface area contributed by atoms with E-state index in [-0.39, 0.29) is 0 Å². The molecule has 3 rings (SSSR count). The summed E-state index contributed by atoms with van der Waals surface area (Å²) in [4.78, 5) is 0. The van der Waals surface area contributed by atoms with Crippen LogP contribution in [0.1, 0.15) is 52.4 Å². The molecule has 3 aliphatic carbocycles. The Morgan fingerprint density at radius 2 is 2.12 bits per heavy atom. The third-order valence-electron chi connectivity index (χ3n) is 5.13. The SMILES string of the molecule is CC1=CC(C)CC(CNCC2(C3CC3)CC2)C1. The highest BCUT2D eigenvalue weighted by atomic mass is 14.9. The smallest absolute Gasteiger partial charge is 0.00106 e. The molecule has 0 aromatic carbocycles.